The van der Waals surface area contributed by atoms with Gasteiger partial charge in [-0.25, -0.2) is 4.98 Å². The van der Waals surface area contributed by atoms with Gasteiger partial charge in [-0.2, -0.15) is 0 Å². The summed E-state index contributed by atoms with van der Waals surface area (Å²) in [5.74, 6) is 1.12. The van der Waals surface area contributed by atoms with Crippen LogP contribution in [0.5, 0.6) is 17.2 Å². The number of carbonyl (C=O) groups excluding carboxylic acids is 2. The maximum atomic E-state index is 13.5. The Morgan fingerprint density at radius 1 is 1.02 bits per heavy atom. The van der Waals surface area contributed by atoms with Crippen molar-refractivity contribution in [1.29, 1.82) is 0 Å². The van der Waals surface area contributed by atoms with Gasteiger partial charge in [-0.05, 0) is 60.2 Å². The van der Waals surface area contributed by atoms with Crippen LogP contribution in [0.1, 0.15) is 43.4 Å². The average molecular weight is 668 g/mol. The third-order valence-corrected chi connectivity index (χ3v) is 9.19. The first kappa shape index (κ1) is 32.6. The van der Waals surface area contributed by atoms with Gasteiger partial charge in [0.25, 0.3) is 0 Å². The fourth-order valence-corrected chi connectivity index (χ4v) is 6.97. The van der Waals surface area contributed by atoms with Gasteiger partial charge in [0.05, 0.1) is 38.8 Å². The van der Waals surface area contributed by atoms with E-state index in [0.717, 1.165) is 38.9 Å². The lowest BCUT2D eigenvalue weighted by Gasteiger charge is -2.19. The normalized spacial score (nSPS) is 13.5. The number of anilines is 2. The van der Waals surface area contributed by atoms with Crippen molar-refractivity contribution in [2.75, 3.05) is 38.5 Å². The molecule has 1 aliphatic rings. The first-order valence-corrected chi connectivity index (χ1v) is 16.5. The van der Waals surface area contributed by atoms with Gasteiger partial charge in [0.15, 0.2) is 16.6 Å². The average Bonchev–Trinajstić information content (AvgIpc) is 3.65. The van der Waals surface area contributed by atoms with Gasteiger partial charge in [-0.3, -0.25) is 14.4 Å². The van der Waals surface area contributed by atoms with Crippen molar-refractivity contribution < 1.29 is 23.8 Å². The number of carbonyl (C=O) groups is 2. The molecule has 48 heavy (non-hydrogen) atoms. The van der Waals surface area contributed by atoms with E-state index in [1.807, 2.05) is 48.0 Å². The highest BCUT2D eigenvalue weighted by Crippen LogP contribution is 2.50. The number of ether oxygens (including phenoxy) is 3. The number of methoxy groups -OCH3 is 3. The summed E-state index contributed by atoms with van der Waals surface area (Å²) in [6.07, 6.45) is 3.85. The van der Waals surface area contributed by atoms with Gasteiger partial charge in [0.2, 0.25) is 23.0 Å². The van der Waals surface area contributed by atoms with Crippen molar-refractivity contribution in [3.05, 3.63) is 81.5 Å². The summed E-state index contributed by atoms with van der Waals surface area (Å²) in [7, 11) is 4.68. The van der Waals surface area contributed by atoms with E-state index in [1.165, 1.54) is 18.3 Å². The Labute approximate surface area is 281 Å². The zero-order valence-electron chi connectivity index (χ0n) is 27.2. The minimum absolute atomic E-state index is 0.157. The van der Waals surface area contributed by atoms with E-state index >= 15 is 0 Å². The summed E-state index contributed by atoms with van der Waals surface area (Å²) in [6.45, 7) is 1.86. The number of amides is 2. The molecule has 0 aliphatic heterocycles. The molecule has 0 spiro atoms. The van der Waals surface area contributed by atoms with Gasteiger partial charge in [0, 0.05) is 53.5 Å². The number of benzene rings is 2. The Morgan fingerprint density at radius 3 is 2.60 bits per heavy atom. The van der Waals surface area contributed by atoms with Crippen LogP contribution in [-0.4, -0.2) is 49.7 Å². The number of H-pyrrole nitrogens is 1. The Morgan fingerprint density at radius 2 is 1.83 bits per heavy atom. The quantitative estimate of drug-likeness (QED) is 0.120. The van der Waals surface area contributed by atoms with Crippen LogP contribution in [0.4, 0.5) is 10.8 Å². The second-order valence-electron chi connectivity index (χ2n) is 11.5. The van der Waals surface area contributed by atoms with Crippen LogP contribution in [0.3, 0.4) is 0 Å². The lowest BCUT2D eigenvalue weighted by molar-refractivity contribution is -0.119. The molecule has 5 aromatic rings. The molecule has 2 heterocycles. The number of aryl methyl sites for hydroxylation is 1. The van der Waals surface area contributed by atoms with Gasteiger partial charge in [0.1, 0.15) is 0 Å². The molecule has 2 aromatic heterocycles. The number of para-hydroxylation sites is 1. The van der Waals surface area contributed by atoms with Crippen molar-refractivity contribution in [3.8, 4) is 39.6 Å². The monoisotopic (exact) mass is 667 g/mol. The molecular formula is C36H37N5O6S. The number of nitrogens with zero attached hydrogens (tertiary/aromatic N) is 1. The summed E-state index contributed by atoms with van der Waals surface area (Å²) in [6, 6.07) is 14.7. The molecule has 0 saturated carbocycles. The molecule has 2 amide bonds. The topological polar surface area (TPSA) is 144 Å². The third kappa shape index (κ3) is 6.56. The molecule has 11 nitrogen and oxygen atoms in total. The molecule has 0 radical (unpaired) electrons. The van der Waals surface area contributed by atoms with Crippen LogP contribution in [-0.2, 0) is 16.0 Å². The Hall–Kier alpha value is -5.36. The smallest absolute Gasteiger partial charge is 0.226 e. The minimum atomic E-state index is -0.398. The van der Waals surface area contributed by atoms with E-state index in [0.29, 0.717) is 59.4 Å². The Kier molecular flexibility index (Phi) is 9.62. The molecule has 0 bridgehead atoms. The second-order valence-corrected chi connectivity index (χ2v) is 12.3. The number of aromatic amines is 1. The van der Waals surface area contributed by atoms with Crippen LogP contribution < -0.4 is 35.6 Å². The molecular weight excluding hydrogens is 630 g/mol. The van der Waals surface area contributed by atoms with E-state index in [4.69, 9.17) is 14.2 Å². The summed E-state index contributed by atoms with van der Waals surface area (Å²) in [5.41, 5.74) is 6.13. The molecule has 0 fully saturated rings. The highest BCUT2D eigenvalue weighted by molar-refractivity contribution is 7.14. The SMILES string of the molecule is COc1cc2c(c(OC)c1OC)-c1ccc(NCCCC(=O)Nc3nc(-c4c[nH]c5ccccc45)cs3)c(=O)cc1C(NC(C)=O)CC2. The summed E-state index contributed by atoms with van der Waals surface area (Å²) >= 11 is 1.38. The number of hydrogen-bond acceptors (Lipinski definition) is 9. The maximum absolute atomic E-state index is 13.5. The van der Waals surface area contributed by atoms with Crippen molar-refractivity contribution in [2.45, 2.75) is 38.6 Å². The third-order valence-electron chi connectivity index (χ3n) is 8.43. The van der Waals surface area contributed by atoms with E-state index in [9.17, 15) is 14.4 Å². The van der Waals surface area contributed by atoms with Crippen LogP contribution in [0.25, 0.3) is 33.3 Å². The van der Waals surface area contributed by atoms with Gasteiger partial charge < -0.3 is 35.1 Å². The van der Waals surface area contributed by atoms with E-state index in [2.05, 4.69) is 25.9 Å². The first-order chi connectivity index (χ1) is 23.3. The molecule has 1 atom stereocenters. The first-order valence-electron chi connectivity index (χ1n) is 15.6. The molecule has 248 valence electrons. The molecule has 1 unspecified atom stereocenters. The zero-order valence-corrected chi connectivity index (χ0v) is 28.0. The lowest BCUT2D eigenvalue weighted by Crippen LogP contribution is -2.26. The predicted molar refractivity (Wildman–Crippen MR) is 188 cm³/mol. The maximum Gasteiger partial charge on any atom is 0.226 e. The molecule has 0 saturated heterocycles. The van der Waals surface area contributed by atoms with Crippen LogP contribution in [0.2, 0.25) is 0 Å². The number of fused-ring (bicyclic) bond motifs is 4. The van der Waals surface area contributed by atoms with Crippen LogP contribution in [0.15, 0.2) is 64.9 Å². The van der Waals surface area contributed by atoms with E-state index < -0.39 is 6.04 Å². The van der Waals surface area contributed by atoms with Gasteiger partial charge in [-0.1, -0.05) is 24.3 Å². The standard InChI is InChI=1S/C36H37N5O6S/c1-20(42)39-27-13-11-21-16-31(45-2)34(46-3)35(47-4)33(21)23-12-14-28(30(43)17-24(23)27)37-15-7-10-32(44)41-36-40-29(19-48-36)25-18-38-26-9-6-5-8-22(25)26/h5-6,8-9,12,14,16-19,27,38H,7,10-11,13,15H2,1-4H3,(H,37,43)(H,39,42)(H,40,41,44). The van der Waals surface area contributed by atoms with Gasteiger partial charge >= 0.3 is 0 Å². The van der Waals surface area contributed by atoms with Crippen molar-refractivity contribution in [3.63, 3.8) is 0 Å². The van der Waals surface area contributed by atoms with Crippen LogP contribution >= 0.6 is 11.3 Å². The highest BCUT2D eigenvalue weighted by atomic mass is 32.1. The number of rotatable bonds is 11. The fourth-order valence-electron chi connectivity index (χ4n) is 6.25. The van der Waals surface area contributed by atoms with Crippen LogP contribution in [0, 0.1) is 0 Å². The molecule has 12 heteroatoms. The Bertz CT molecular complexity index is 2060. The number of aromatic nitrogens is 2. The van der Waals surface area contributed by atoms with Gasteiger partial charge in [-0.15, -0.1) is 11.3 Å². The fraction of sp³-hybridized carbons (Fsp3) is 0.278. The van der Waals surface area contributed by atoms with Crippen molar-refractivity contribution in [1.82, 2.24) is 15.3 Å². The molecule has 4 N–H and O–H groups in total. The second kappa shape index (κ2) is 14.2. The highest BCUT2D eigenvalue weighted by Gasteiger charge is 2.29. The lowest BCUT2D eigenvalue weighted by atomic mass is 9.95. The number of hydrogen-bond donors (Lipinski definition) is 4. The zero-order chi connectivity index (χ0) is 33.8. The van der Waals surface area contributed by atoms with E-state index in [-0.39, 0.29) is 23.7 Å². The summed E-state index contributed by atoms with van der Waals surface area (Å²) in [5, 5.41) is 12.7. The number of nitrogens with one attached hydrogen (secondary N) is 4. The van der Waals surface area contributed by atoms with E-state index in [1.54, 1.807) is 33.5 Å². The minimum Gasteiger partial charge on any atom is -0.493 e. The Balaban J connectivity index is 1.18. The largest absolute Gasteiger partial charge is 0.493 e. The summed E-state index contributed by atoms with van der Waals surface area (Å²) < 4.78 is 17.1. The predicted octanol–water partition coefficient (Wildman–Crippen LogP) is 6.30. The van der Waals surface area contributed by atoms with Crippen molar-refractivity contribution in [2.24, 2.45) is 0 Å². The van der Waals surface area contributed by atoms with Crippen molar-refractivity contribution >= 4 is 44.9 Å². The number of thiazole rings is 1. The molecule has 1 aliphatic carbocycles. The molecule has 6 rings (SSSR count). The summed E-state index contributed by atoms with van der Waals surface area (Å²) in [4.78, 5) is 46.4. The molecule has 3 aromatic carbocycles.